The molecule has 270 valence electrons. The summed E-state index contributed by atoms with van der Waals surface area (Å²) in [5, 5.41) is 9.24. The van der Waals surface area contributed by atoms with E-state index in [2.05, 4.69) is 194 Å². The molecule has 2 heteroatoms. The van der Waals surface area contributed by atoms with Gasteiger partial charge in [0.25, 0.3) is 0 Å². The van der Waals surface area contributed by atoms with E-state index in [1.54, 1.807) is 0 Å². The van der Waals surface area contributed by atoms with E-state index in [-0.39, 0.29) is 0 Å². The highest BCUT2D eigenvalue weighted by Gasteiger charge is 2.19. The van der Waals surface area contributed by atoms with E-state index < -0.39 is 0 Å². The van der Waals surface area contributed by atoms with Gasteiger partial charge in [0.15, 0.2) is 0 Å². The molecule has 0 amide bonds. The summed E-state index contributed by atoms with van der Waals surface area (Å²) in [6, 6.07) is 74.2. The molecule has 0 aliphatic carbocycles. The molecule has 2 heterocycles. The molecule has 0 atom stereocenters. The van der Waals surface area contributed by atoms with Gasteiger partial charge in [-0.05, 0) is 114 Å². The van der Waals surface area contributed by atoms with Gasteiger partial charge in [-0.2, -0.15) is 0 Å². The average Bonchev–Trinajstić information content (AvgIpc) is 3.87. The summed E-state index contributed by atoms with van der Waals surface area (Å²) in [5.41, 5.74) is 15.4. The molecule has 2 nitrogen and oxygen atoms in total. The minimum absolute atomic E-state index is 0.832. The molecule has 0 N–H and O–H groups in total. The lowest BCUT2D eigenvalue weighted by Gasteiger charge is -2.19. The summed E-state index contributed by atoms with van der Waals surface area (Å²) in [4.78, 5) is 0. The van der Waals surface area contributed by atoms with Crippen molar-refractivity contribution in [3.63, 3.8) is 0 Å². The van der Waals surface area contributed by atoms with Crippen LogP contribution < -0.4 is 0 Å². The van der Waals surface area contributed by atoms with Crippen molar-refractivity contribution in [3.05, 3.63) is 206 Å². The average molecular weight is 739 g/mol. The summed E-state index contributed by atoms with van der Waals surface area (Å²) in [6.45, 7) is 0. The third-order valence-electron chi connectivity index (χ3n) is 11.9. The van der Waals surface area contributed by atoms with Gasteiger partial charge in [0.1, 0.15) is 22.3 Å². The van der Waals surface area contributed by atoms with Crippen molar-refractivity contribution in [1.82, 2.24) is 0 Å². The Morgan fingerprint density at radius 3 is 1.33 bits per heavy atom. The number of hydrogen-bond donors (Lipinski definition) is 0. The fourth-order valence-corrected chi connectivity index (χ4v) is 9.12. The Bertz CT molecular complexity index is 3520. The second-order valence-electron chi connectivity index (χ2n) is 15.2. The zero-order valence-electron chi connectivity index (χ0n) is 31.4. The van der Waals surface area contributed by atoms with Gasteiger partial charge in [0, 0.05) is 16.2 Å². The number of para-hydroxylation sites is 1. The topological polar surface area (TPSA) is 26.3 Å². The van der Waals surface area contributed by atoms with Crippen molar-refractivity contribution in [2.45, 2.75) is 0 Å². The highest BCUT2D eigenvalue weighted by molar-refractivity contribution is 6.23. The van der Waals surface area contributed by atoms with Crippen LogP contribution >= 0.6 is 0 Å². The van der Waals surface area contributed by atoms with E-state index in [0.717, 1.165) is 55.0 Å². The molecular weight excluding hydrogens is 705 g/mol. The summed E-state index contributed by atoms with van der Waals surface area (Å²) in [5.74, 6) is 0. The maximum absolute atomic E-state index is 6.45. The first-order valence-corrected chi connectivity index (χ1v) is 19.8. The maximum Gasteiger partial charge on any atom is 0.147 e. The lowest BCUT2D eigenvalue weighted by molar-refractivity contribution is 0.663. The molecule has 0 radical (unpaired) electrons. The largest absolute Gasteiger partial charge is 0.456 e. The van der Waals surface area contributed by atoms with E-state index in [9.17, 15) is 0 Å². The minimum atomic E-state index is 0.832. The van der Waals surface area contributed by atoms with Crippen LogP contribution in [0.1, 0.15) is 0 Å². The molecule has 0 bridgehead atoms. The molecule has 12 rings (SSSR count). The first kappa shape index (κ1) is 32.6. The van der Waals surface area contributed by atoms with Crippen molar-refractivity contribution < 1.29 is 8.83 Å². The van der Waals surface area contributed by atoms with Crippen LogP contribution in [0.4, 0.5) is 0 Å². The summed E-state index contributed by atoms with van der Waals surface area (Å²) in [6.07, 6.45) is 0. The van der Waals surface area contributed by atoms with E-state index in [1.807, 2.05) is 12.1 Å². The molecule has 0 unspecified atom stereocenters. The van der Waals surface area contributed by atoms with Gasteiger partial charge in [-0.3, -0.25) is 0 Å². The van der Waals surface area contributed by atoms with Gasteiger partial charge in [0.2, 0.25) is 0 Å². The van der Waals surface area contributed by atoms with Crippen molar-refractivity contribution in [1.29, 1.82) is 0 Å². The van der Waals surface area contributed by atoms with Crippen LogP contribution in [0.3, 0.4) is 0 Å². The van der Waals surface area contributed by atoms with Crippen molar-refractivity contribution >= 4 is 65.4 Å². The number of hydrogen-bond acceptors (Lipinski definition) is 2. The van der Waals surface area contributed by atoms with Crippen LogP contribution in [0.25, 0.3) is 121 Å². The van der Waals surface area contributed by atoms with Crippen molar-refractivity contribution in [3.8, 4) is 55.6 Å². The second-order valence-corrected chi connectivity index (χ2v) is 15.2. The van der Waals surface area contributed by atoms with Gasteiger partial charge in [-0.1, -0.05) is 170 Å². The Labute approximate surface area is 334 Å². The molecule has 12 aromatic rings. The summed E-state index contributed by atoms with van der Waals surface area (Å²) in [7, 11) is 0. The SMILES string of the molecule is c1ccc(-c2ccc(-c3ccc4c(-c5ccccc5)c5ccccc5c(-c5ccc(-c6ccc7oc8ccc9c%10ccccc%10oc9c8c7c6)cc5)c4c3)cc2)cc1. The zero-order chi connectivity index (χ0) is 38.2. The molecular formula is C56H34O2. The molecule has 0 aliphatic rings. The Balaban J connectivity index is 1.02. The molecule has 10 aromatic carbocycles. The fourth-order valence-electron chi connectivity index (χ4n) is 9.12. The highest BCUT2D eigenvalue weighted by atomic mass is 16.3. The van der Waals surface area contributed by atoms with Gasteiger partial charge in [-0.25, -0.2) is 0 Å². The quantitative estimate of drug-likeness (QED) is 0.164. The van der Waals surface area contributed by atoms with E-state index in [4.69, 9.17) is 8.83 Å². The Kier molecular flexibility index (Phi) is 7.26. The first-order valence-electron chi connectivity index (χ1n) is 19.8. The van der Waals surface area contributed by atoms with Crippen LogP contribution in [-0.2, 0) is 0 Å². The molecule has 58 heavy (non-hydrogen) atoms. The molecule has 0 fully saturated rings. The van der Waals surface area contributed by atoms with Gasteiger partial charge >= 0.3 is 0 Å². The van der Waals surface area contributed by atoms with Gasteiger partial charge in [0.05, 0.1) is 5.39 Å². The number of rotatable bonds is 5. The summed E-state index contributed by atoms with van der Waals surface area (Å²) < 4.78 is 12.8. The van der Waals surface area contributed by atoms with E-state index >= 15 is 0 Å². The second kappa shape index (κ2) is 12.9. The number of fused-ring (bicyclic) bond motifs is 9. The standard InChI is InChI=1S/C56H34O2/c1-3-11-35(12-4-1)36-19-21-37(22-20-36)41-27-29-46-48(33-41)54(45-17-8-7-16-44(45)53(46)39-13-5-2-6-14-39)40-25-23-38(24-26-40)42-28-31-51-49(34-42)55-52(57-51)32-30-47-43-15-9-10-18-50(43)58-56(47)55/h1-34H. The smallest absolute Gasteiger partial charge is 0.147 e. The zero-order valence-corrected chi connectivity index (χ0v) is 31.4. The van der Waals surface area contributed by atoms with Crippen LogP contribution in [0.15, 0.2) is 215 Å². The van der Waals surface area contributed by atoms with Crippen LogP contribution in [-0.4, -0.2) is 0 Å². The molecule has 2 aromatic heterocycles. The van der Waals surface area contributed by atoms with Gasteiger partial charge < -0.3 is 8.83 Å². The Morgan fingerprint density at radius 1 is 0.224 bits per heavy atom. The predicted molar refractivity (Wildman–Crippen MR) is 243 cm³/mol. The molecule has 0 saturated carbocycles. The minimum Gasteiger partial charge on any atom is -0.456 e. The fraction of sp³-hybridized carbons (Fsp3) is 0. The number of benzene rings is 10. The molecule has 0 spiro atoms. The Hall–Kier alpha value is -7.68. The van der Waals surface area contributed by atoms with Crippen molar-refractivity contribution in [2.24, 2.45) is 0 Å². The predicted octanol–water partition coefficient (Wildman–Crippen LogP) is 16.1. The van der Waals surface area contributed by atoms with Gasteiger partial charge in [-0.15, -0.1) is 0 Å². The van der Waals surface area contributed by atoms with E-state index in [1.165, 1.54) is 66.1 Å². The van der Waals surface area contributed by atoms with E-state index in [0.29, 0.717) is 0 Å². The van der Waals surface area contributed by atoms with Crippen LogP contribution in [0.5, 0.6) is 0 Å². The van der Waals surface area contributed by atoms with Crippen LogP contribution in [0, 0.1) is 0 Å². The summed E-state index contributed by atoms with van der Waals surface area (Å²) >= 11 is 0. The third-order valence-corrected chi connectivity index (χ3v) is 11.9. The Morgan fingerprint density at radius 2 is 0.638 bits per heavy atom. The van der Waals surface area contributed by atoms with Crippen molar-refractivity contribution in [2.75, 3.05) is 0 Å². The lowest BCUT2D eigenvalue weighted by Crippen LogP contribution is -1.92. The van der Waals surface area contributed by atoms with Crippen LogP contribution in [0.2, 0.25) is 0 Å². The maximum atomic E-state index is 6.45. The highest BCUT2D eigenvalue weighted by Crippen LogP contribution is 2.46. The molecule has 0 aliphatic heterocycles. The first-order chi connectivity index (χ1) is 28.7. The molecule has 0 saturated heterocycles. The number of furan rings is 2. The monoisotopic (exact) mass is 738 g/mol. The normalized spacial score (nSPS) is 11.8. The third kappa shape index (κ3) is 5.12. The lowest BCUT2D eigenvalue weighted by atomic mass is 9.84.